The number of esters is 1. The summed E-state index contributed by atoms with van der Waals surface area (Å²) in [5, 5.41) is 4.23. The van der Waals surface area contributed by atoms with Crippen molar-refractivity contribution in [3.05, 3.63) is 47.4 Å². The number of pyridine rings is 3. The Kier molecular flexibility index (Phi) is 8.11. The van der Waals surface area contributed by atoms with Gasteiger partial charge in [0.2, 0.25) is 5.88 Å². The molecule has 0 aliphatic carbocycles. The summed E-state index contributed by atoms with van der Waals surface area (Å²) in [5.41, 5.74) is 7.66. The number of rotatable bonds is 10. The molecule has 216 valence electrons. The molecule has 0 spiro atoms. The highest BCUT2D eigenvalue weighted by molar-refractivity contribution is 7.91. The van der Waals surface area contributed by atoms with Crippen molar-refractivity contribution in [2.75, 3.05) is 18.2 Å². The van der Waals surface area contributed by atoms with Crippen LogP contribution in [0.5, 0.6) is 5.88 Å². The first-order chi connectivity index (χ1) is 18.6. The van der Waals surface area contributed by atoms with Gasteiger partial charge in [0.15, 0.2) is 0 Å². The predicted molar refractivity (Wildman–Crippen MR) is 156 cm³/mol. The molecular formula is C29H39N5O5S. The third kappa shape index (κ3) is 6.20. The number of fused-ring (bicyclic) bond motifs is 2. The van der Waals surface area contributed by atoms with Gasteiger partial charge in [0.25, 0.3) is 0 Å². The van der Waals surface area contributed by atoms with Crippen LogP contribution in [0.2, 0.25) is 0 Å². The molecule has 1 aliphatic heterocycles. The normalized spacial score (nSPS) is 17.9. The Morgan fingerprint density at radius 2 is 1.90 bits per heavy atom. The molecule has 3 aromatic rings. The quantitative estimate of drug-likeness (QED) is 0.327. The van der Waals surface area contributed by atoms with Gasteiger partial charge in [0, 0.05) is 36.0 Å². The summed E-state index contributed by atoms with van der Waals surface area (Å²) < 4.78 is 35.3. The minimum Gasteiger partial charge on any atom is -0.474 e. The first-order valence-electron chi connectivity index (χ1n) is 13.5. The lowest BCUT2D eigenvalue weighted by atomic mass is 9.85. The first-order valence-corrected chi connectivity index (χ1v) is 15.5. The van der Waals surface area contributed by atoms with Crippen LogP contribution in [0.15, 0.2) is 30.6 Å². The van der Waals surface area contributed by atoms with E-state index in [0.717, 1.165) is 23.8 Å². The number of anilines is 2. The second-order valence-corrected chi connectivity index (χ2v) is 14.2. The zero-order valence-electron chi connectivity index (χ0n) is 24.2. The monoisotopic (exact) mass is 569 g/mol. The Labute approximate surface area is 236 Å². The van der Waals surface area contributed by atoms with Crippen LogP contribution in [-0.2, 0) is 25.5 Å². The molecule has 0 amide bonds. The van der Waals surface area contributed by atoms with Crippen molar-refractivity contribution < 1.29 is 22.7 Å². The minimum absolute atomic E-state index is 0.260. The number of nitrogens with one attached hydrogen (secondary N) is 1. The molecule has 0 bridgehead atoms. The summed E-state index contributed by atoms with van der Waals surface area (Å²) in [6.07, 6.45) is 6.21. The number of hydrogen-bond acceptors (Lipinski definition) is 10. The Bertz CT molecular complexity index is 1540. The molecule has 10 nitrogen and oxygen atoms in total. The van der Waals surface area contributed by atoms with Crippen molar-refractivity contribution in [1.29, 1.82) is 0 Å². The SMILES string of the molecule is CCC[C@@](C)(N)c1cnc(O[C@H](C)C[C@@H](C)S(C)(=O)=O)c2cnc(Nc3ccc4c(n3)C(C)(C)COC4=O)cc12. The Morgan fingerprint density at radius 3 is 2.58 bits per heavy atom. The molecule has 40 heavy (non-hydrogen) atoms. The third-order valence-corrected chi connectivity index (χ3v) is 9.06. The fourth-order valence-corrected chi connectivity index (χ4v) is 5.62. The van der Waals surface area contributed by atoms with Crippen molar-refractivity contribution in [3.8, 4) is 5.88 Å². The van der Waals surface area contributed by atoms with Gasteiger partial charge in [0.05, 0.1) is 28.0 Å². The minimum atomic E-state index is -3.19. The Balaban J connectivity index is 1.73. The largest absolute Gasteiger partial charge is 0.474 e. The molecule has 4 rings (SSSR count). The zero-order chi connectivity index (χ0) is 29.5. The molecule has 1 aliphatic rings. The molecule has 0 saturated carbocycles. The molecule has 3 atom stereocenters. The van der Waals surface area contributed by atoms with E-state index in [-0.39, 0.29) is 12.6 Å². The number of ether oxygens (including phenoxy) is 2. The topological polar surface area (TPSA) is 146 Å². The summed E-state index contributed by atoms with van der Waals surface area (Å²) in [7, 11) is -3.19. The van der Waals surface area contributed by atoms with Crippen LogP contribution in [0.4, 0.5) is 11.6 Å². The lowest BCUT2D eigenvalue weighted by Gasteiger charge is -2.30. The van der Waals surface area contributed by atoms with Crippen LogP contribution in [0, 0.1) is 0 Å². The van der Waals surface area contributed by atoms with Gasteiger partial charge < -0.3 is 20.5 Å². The molecule has 0 saturated heterocycles. The highest BCUT2D eigenvalue weighted by atomic mass is 32.2. The Morgan fingerprint density at radius 1 is 1.18 bits per heavy atom. The van der Waals surface area contributed by atoms with Crippen molar-refractivity contribution in [1.82, 2.24) is 15.0 Å². The molecule has 3 N–H and O–H groups in total. The lowest BCUT2D eigenvalue weighted by molar-refractivity contribution is 0.0366. The standard InChI is InChI=1S/C29H39N5O5S/c1-8-11-29(6,30)22-15-32-26(39-17(2)12-18(3)40(7,36)37)21-14-31-24(13-20(21)22)33-23-10-9-19-25(34-23)28(4,5)16-38-27(19)35/h9-10,13-15,17-18H,8,11-12,16,30H2,1-7H3,(H,31,33,34)/t17-,18-,29-/m1/s1. The van der Waals surface area contributed by atoms with E-state index in [1.165, 1.54) is 6.26 Å². The number of sulfone groups is 1. The summed E-state index contributed by atoms with van der Waals surface area (Å²) in [5.74, 6) is 1.08. The van der Waals surface area contributed by atoms with Crippen molar-refractivity contribution in [3.63, 3.8) is 0 Å². The van der Waals surface area contributed by atoms with Crippen molar-refractivity contribution in [2.24, 2.45) is 5.73 Å². The Hall–Kier alpha value is -3.31. The van der Waals surface area contributed by atoms with E-state index < -0.39 is 32.1 Å². The average Bonchev–Trinajstić information content (AvgIpc) is 2.86. The summed E-state index contributed by atoms with van der Waals surface area (Å²) in [6.45, 7) is 11.8. The van der Waals surface area contributed by atoms with Gasteiger partial charge in [-0.2, -0.15) is 0 Å². The maximum Gasteiger partial charge on any atom is 0.340 e. The maximum absolute atomic E-state index is 12.2. The van der Waals surface area contributed by atoms with Crippen molar-refractivity contribution >= 4 is 38.2 Å². The number of carbonyl (C=O) groups excluding carboxylic acids is 1. The van der Waals surface area contributed by atoms with E-state index in [1.807, 2.05) is 33.8 Å². The van der Waals surface area contributed by atoms with Gasteiger partial charge in [-0.1, -0.05) is 27.2 Å². The summed E-state index contributed by atoms with van der Waals surface area (Å²) >= 11 is 0. The summed E-state index contributed by atoms with van der Waals surface area (Å²) in [6, 6.07) is 5.34. The van der Waals surface area contributed by atoms with E-state index >= 15 is 0 Å². The van der Waals surface area contributed by atoms with E-state index in [0.29, 0.717) is 40.6 Å². The number of hydrogen-bond donors (Lipinski definition) is 2. The molecule has 0 fully saturated rings. The number of nitrogens with zero attached hydrogens (tertiary/aromatic N) is 3. The van der Waals surface area contributed by atoms with Crippen LogP contribution in [0.25, 0.3) is 10.8 Å². The smallest absolute Gasteiger partial charge is 0.340 e. The molecule has 11 heteroatoms. The van der Waals surface area contributed by atoms with Crippen LogP contribution < -0.4 is 15.8 Å². The number of carbonyl (C=O) groups is 1. The number of cyclic esters (lactones) is 1. The van der Waals surface area contributed by atoms with E-state index in [4.69, 9.17) is 20.2 Å². The molecule has 3 aromatic heterocycles. The molecule has 0 unspecified atom stereocenters. The van der Waals surface area contributed by atoms with Gasteiger partial charge in [-0.25, -0.2) is 28.2 Å². The van der Waals surface area contributed by atoms with E-state index in [2.05, 4.69) is 22.2 Å². The average molecular weight is 570 g/mol. The van der Waals surface area contributed by atoms with Gasteiger partial charge in [-0.15, -0.1) is 0 Å². The molecule has 0 aromatic carbocycles. The van der Waals surface area contributed by atoms with Gasteiger partial charge >= 0.3 is 5.97 Å². The fraction of sp³-hybridized carbons (Fsp3) is 0.517. The van der Waals surface area contributed by atoms with Crippen LogP contribution >= 0.6 is 0 Å². The second kappa shape index (κ2) is 10.9. The van der Waals surface area contributed by atoms with E-state index in [9.17, 15) is 13.2 Å². The highest BCUT2D eigenvalue weighted by Crippen LogP contribution is 2.36. The molecular weight excluding hydrogens is 530 g/mol. The zero-order valence-corrected chi connectivity index (χ0v) is 25.1. The fourth-order valence-electron chi connectivity index (χ4n) is 5.00. The molecule has 0 radical (unpaired) electrons. The van der Waals surface area contributed by atoms with Gasteiger partial charge in [-0.3, -0.25) is 0 Å². The summed E-state index contributed by atoms with van der Waals surface area (Å²) in [4.78, 5) is 26.2. The lowest BCUT2D eigenvalue weighted by Crippen LogP contribution is -2.35. The van der Waals surface area contributed by atoms with E-state index in [1.54, 1.807) is 31.5 Å². The van der Waals surface area contributed by atoms with Crippen LogP contribution in [0.3, 0.4) is 0 Å². The molecule has 4 heterocycles. The second-order valence-electron chi connectivity index (χ2n) is 11.7. The van der Waals surface area contributed by atoms with Crippen molar-refractivity contribution in [2.45, 2.75) is 83.1 Å². The number of nitrogens with two attached hydrogens (primary N) is 1. The number of aromatic nitrogens is 3. The van der Waals surface area contributed by atoms with Crippen LogP contribution in [0.1, 0.15) is 82.4 Å². The van der Waals surface area contributed by atoms with Gasteiger partial charge in [0.1, 0.15) is 28.1 Å². The van der Waals surface area contributed by atoms with Crippen LogP contribution in [-0.4, -0.2) is 53.6 Å². The first kappa shape index (κ1) is 29.7. The highest BCUT2D eigenvalue weighted by Gasteiger charge is 2.35. The maximum atomic E-state index is 12.2. The third-order valence-electron chi connectivity index (χ3n) is 7.40. The van der Waals surface area contributed by atoms with Gasteiger partial charge in [-0.05, 0) is 56.3 Å². The predicted octanol–water partition coefficient (Wildman–Crippen LogP) is 4.78.